The molecule has 0 unspecified atom stereocenters. The van der Waals surface area contributed by atoms with E-state index in [-0.39, 0.29) is 10.9 Å². The summed E-state index contributed by atoms with van der Waals surface area (Å²) < 4.78 is 24.7. The first-order valence-corrected chi connectivity index (χ1v) is 7.97. The fourth-order valence-electron chi connectivity index (χ4n) is 2.14. The lowest BCUT2D eigenvalue weighted by atomic mass is 10.1. The van der Waals surface area contributed by atoms with Crippen LogP contribution >= 0.6 is 0 Å². The minimum Gasteiger partial charge on any atom is -0.329 e. The summed E-state index contributed by atoms with van der Waals surface area (Å²) in [4.78, 5) is 4.15. The molecule has 0 atom stereocenters. The molecule has 1 aromatic heterocycles. The van der Waals surface area contributed by atoms with Gasteiger partial charge >= 0.3 is 0 Å². The molecule has 2 N–H and O–H groups in total. The van der Waals surface area contributed by atoms with Crippen LogP contribution in [0.4, 0.5) is 0 Å². The third kappa shape index (κ3) is 3.26. The van der Waals surface area contributed by atoms with Crippen molar-refractivity contribution in [2.24, 2.45) is 5.14 Å². The number of nitrogens with two attached hydrogens (primary N) is 1. The van der Waals surface area contributed by atoms with Gasteiger partial charge in [-0.15, -0.1) is 0 Å². The predicted octanol–water partition coefficient (Wildman–Crippen LogP) is 2.01. The monoisotopic (exact) mass is 293 g/mol. The van der Waals surface area contributed by atoms with E-state index in [1.165, 1.54) is 11.8 Å². The molecule has 108 valence electrons. The highest BCUT2D eigenvalue weighted by Gasteiger charge is 2.18. The molecule has 1 aromatic carbocycles. The zero-order chi connectivity index (χ0) is 14.9. The summed E-state index contributed by atoms with van der Waals surface area (Å²) in [6.45, 7) is 6.55. The Morgan fingerprint density at radius 2 is 2.05 bits per heavy atom. The summed E-state index contributed by atoms with van der Waals surface area (Å²) in [5.74, 6) is 0.839. The number of rotatable bonds is 4. The van der Waals surface area contributed by atoms with Crippen molar-refractivity contribution in [1.29, 1.82) is 0 Å². The maximum absolute atomic E-state index is 11.4. The van der Waals surface area contributed by atoms with Crippen LogP contribution in [0.5, 0.6) is 0 Å². The number of nitrogens with zero attached hydrogens (tertiary/aromatic N) is 2. The van der Waals surface area contributed by atoms with Gasteiger partial charge in [-0.1, -0.05) is 43.7 Å². The summed E-state index contributed by atoms with van der Waals surface area (Å²) in [6, 6.07) is 8.09. The Kier molecular flexibility index (Phi) is 3.96. The van der Waals surface area contributed by atoms with E-state index < -0.39 is 10.0 Å². The van der Waals surface area contributed by atoms with Gasteiger partial charge in [0.2, 0.25) is 0 Å². The molecule has 2 rings (SSSR count). The molecule has 6 heteroatoms. The third-order valence-corrected chi connectivity index (χ3v) is 3.81. The number of hydrogen-bond acceptors (Lipinski definition) is 3. The van der Waals surface area contributed by atoms with Crippen molar-refractivity contribution in [3.05, 3.63) is 47.4 Å². The average Bonchev–Trinajstić information content (AvgIpc) is 2.72. The molecule has 0 radical (unpaired) electrons. The van der Waals surface area contributed by atoms with E-state index in [1.54, 1.807) is 0 Å². The van der Waals surface area contributed by atoms with Gasteiger partial charge in [-0.05, 0) is 12.5 Å². The Balaban J connectivity index is 2.43. The van der Waals surface area contributed by atoms with Crippen LogP contribution in [0.15, 0.2) is 35.5 Å². The maximum atomic E-state index is 11.4. The number of sulfonamides is 1. The molecule has 0 saturated carbocycles. The first kappa shape index (κ1) is 14.7. The van der Waals surface area contributed by atoms with Gasteiger partial charge in [0.1, 0.15) is 5.82 Å². The Bertz CT molecular complexity index is 718. The minimum atomic E-state index is -3.77. The summed E-state index contributed by atoms with van der Waals surface area (Å²) in [7, 11) is -3.77. The lowest BCUT2D eigenvalue weighted by Gasteiger charge is -2.10. The average molecular weight is 293 g/mol. The van der Waals surface area contributed by atoms with Gasteiger partial charge in [-0.3, -0.25) is 0 Å². The molecule has 0 aliphatic heterocycles. The van der Waals surface area contributed by atoms with E-state index in [0.29, 0.717) is 6.54 Å². The largest absolute Gasteiger partial charge is 0.329 e. The second kappa shape index (κ2) is 5.38. The normalized spacial score (nSPS) is 12.1. The second-order valence-corrected chi connectivity index (χ2v) is 6.76. The van der Waals surface area contributed by atoms with Crippen LogP contribution in [-0.4, -0.2) is 18.0 Å². The van der Waals surface area contributed by atoms with Crippen LogP contribution in [0.2, 0.25) is 0 Å². The van der Waals surface area contributed by atoms with Gasteiger partial charge in [0.05, 0.1) is 0 Å². The highest BCUT2D eigenvalue weighted by Crippen LogP contribution is 2.18. The minimum absolute atomic E-state index is 0.0751. The smallest absolute Gasteiger partial charge is 0.257 e. The molecule has 5 nitrogen and oxygen atoms in total. The fraction of sp³-hybridized carbons (Fsp3) is 0.357. The Hall–Kier alpha value is -1.66. The number of benzene rings is 1. The lowest BCUT2D eigenvalue weighted by molar-refractivity contribution is 0.594. The summed E-state index contributed by atoms with van der Waals surface area (Å²) >= 11 is 0. The van der Waals surface area contributed by atoms with Crippen molar-refractivity contribution in [1.82, 2.24) is 9.55 Å². The second-order valence-electron chi connectivity index (χ2n) is 5.25. The summed E-state index contributed by atoms with van der Waals surface area (Å²) in [6.07, 6.45) is 1.51. The zero-order valence-corrected chi connectivity index (χ0v) is 12.7. The van der Waals surface area contributed by atoms with E-state index in [1.807, 2.05) is 43.5 Å². The van der Waals surface area contributed by atoms with E-state index in [9.17, 15) is 8.42 Å². The number of aromatic nitrogens is 2. The van der Waals surface area contributed by atoms with E-state index >= 15 is 0 Å². The highest BCUT2D eigenvalue weighted by molar-refractivity contribution is 7.89. The molecule has 1 heterocycles. The fourth-order valence-corrected chi connectivity index (χ4v) is 2.63. The topological polar surface area (TPSA) is 78.0 Å². The van der Waals surface area contributed by atoms with Gasteiger partial charge in [0, 0.05) is 18.7 Å². The summed E-state index contributed by atoms with van der Waals surface area (Å²) in [5.41, 5.74) is 2.27. The Labute approximate surface area is 119 Å². The first-order valence-electron chi connectivity index (χ1n) is 6.43. The number of aryl methyl sites for hydroxylation is 1. The van der Waals surface area contributed by atoms with Crippen LogP contribution in [0.3, 0.4) is 0 Å². The molecule has 0 bridgehead atoms. The Morgan fingerprint density at radius 3 is 2.60 bits per heavy atom. The van der Waals surface area contributed by atoms with Crippen molar-refractivity contribution in [3.8, 4) is 0 Å². The standard InChI is InChI=1S/C14H19N3O2S/c1-10(2)14-16-13(20(15,18)19)9-17(14)8-12-6-4-5-11(3)7-12/h4-7,9-10H,8H2,1-3H3,(H2,15,18,19). The highest BCUT2D eigenvalue weighted by atomic mass is 32.2. The predicted molar refractivity (Wildman–Crippen MR) is 78.0 cm³/mol. The van der Waals surface area contributed by atoms with Crippen molar-refractivity contribution in [3.63, 3.8) is 0 Å². The van der Waals surface area contributed by atoms with Gasteiger partial charge < -0.3 is 4.57 Å². The van der Waals surface area contributed by atoms with Crippen molar-refractivity contribution >= 4 is 10.0 Å². The van der Waals surface area contributed by atoms with Crippen LogP contribution < -0.4 is 5.14 Å². The first-order chi connectivity index (χ1) is 9.27. The van der Waals surface area contributed by atoms with Gasteiger partial charge in [0.25, 0.3) is 10.0 Å². The lowest BCUT2D eigenvalue weighted by Crippen LogP contribution is -2.12. The number of primary sulfonamides is 1. The quantitative estimate of drug-likeness (QED) is 0.936. The molecule has 20 heavy (non-hydrogen) atoms. The molecule has 0 aliphatic rings. The molecule has 0 amide bonds. The van der Waals surface area contributed by atoms with E-state index in [4.69, 9.17) is 5.14 Å². The zero-order valence-electron chi connectivity index (χ0n) is 11.9. The van der Waals surface area contributed by atoms with Gasteiger partial charge in [-0.2, -0.15) is 0 Å². The number of hydrogen-bond donors (Lipinski definition) is 1. The van der Waals surface area contributed by atoms with Crippen LogP contribution in [0, 0.1) is 6.92 Å². The van der Waals surface area contributed by atoms with Crippen LogP contribution in [-0.2, 0) is 16.6 Å². The van der Waals surface area contributed by atoms with Crippen LogP contribution in [0.1, 0.15) is 36.7 Å². The SMILES string of the molecule is Cc1cccc(Cn2cc(S(N)(=O)=O)nc2C(C)C)c1. The molecule has 0 fully saturated rings. The van der Waals surface area contributed by atoms with Crippen molar-refractivity contribution in [2.45, 2.75) is 38.3 Å². The molecule has 2 aromatic rings. The van der Waals surface area contributed by atoms with Gasteiger partial charge in [0.15, 0.2) is 5.03 Å². The van der Waals surface area contributed by atoms with Crippen LogP contribution in [0.25, 0.3) is 0 Å². The molecule has 0 saturated heterocycles. The number of imidazole rings is 1. The molecule has 0 aliphatic carbocycles. The van der Waals surface area contributed by atoms with E-state index in [0.717, 1.165) is 11.4 Å². The van der Waals surface area contributed by atoms with Gasteiger partial charge in [-0.25, -0.2) is 18.5 Å². The van der Waals surface area contributed by atoms with E-state index in [2.05, 4.69) is 11.1 Å². The third-order valence-electron chi connectivity index (χ3n) is 3.03. The molecule has 0 spiro atoms. The maximum Gasteiger partial charge on any atom is 0.257 e. The Morgan fingerprint density at radius 1 is 1.35 bits per heavy atom. The molecular weight excluding hydrogens is 274 g/mol. The molecular formula is C14H19N3O2S. The van der Waals surface area contributed by atoms with Crippen molar-refractivity contribution in [2.75, 3.05) is 0 Å². The van der Waals surface area contributed by atoms with Crippen molar-refractivity contribution < 1.29 is 8.42 Å². The summed E-state index contributed by atoms with van der Waals surface area (Å²) in [5, 5.41) is 5.08.